The van der Waals surface area contributed by atoms with Gasteiger partial charge in [0.15, 0.2) is 0 Å². The number of carbonyl (C=O) groups excluding carboxylic acids is 1. The molecule has 0 radical (unpaired) electrons. The number of hydrogen-bond donors (Lipinski definition) is 0. The van der Waals surface area contributed by atoms with Crippen LogP contribution in [0, 0.1) is 0 Å². The molecule has 0 bridgehead atoms. The number of hydrogen-bond acceptors (Lipinski definition) is 4. The molecule has 0 amide bonds. The molecule has 0 N–H and O–H groups in total. The highest BCUT2D eigenvalue weighted by atomic mass is 16.5. The van der Waals surface area contributed by atoms with Crippen LogP contribution in [0.2, 0.25) is 0 Å². The van der Waals surface area contributed by atoms with Gasteiger partial charge in [-0.05, 0) is 12.1 Å². The zero-order valence-corrected chi connectivity index (χ0v) is 11.8. The summed E-state index contributed by atoms with van der Waals surface area (Å²) < 4.78 is 19.1. The fourth-order valence-corrected chi connectivity index (χ4v) is 1.81. The van der Waals surface area contributed by atoms with Gasteiger partial charge in [-0.1, -0.05) is 0 Å². The maximum atomic E-state index is 11.7. The van der Waals surface area contributed by atoms with E-state index in [1.165, 1.54) is 7.11 Å². The normalized spacial score (nSPS) is 10.6. The van der Waals surface area contributed by atoms with E-state index in [1.54, 1.807) is 19.2 Å². The van der Waals surface area contributed by atoms with Gasteiger partial charge < -0.3 is 14.2 Å². The molecule has 0 saturated carbocycles. The van der Waals surface area contributed by atoms with Crippen molar-refractivity contribution < 1.29 is 19.0 Å². The van der Waals surface area contributed by atoms with Crippen LogP contribution in [-0.4, -0.2) is 42.8 Å². The van der Waals surface area contributed by atoms with E-state index in [1.807, 2.05) is 34.9 Å². The summed E-state index contributed by atoms with van der Waals surface area (Å²) in [6, 6.07) is 5.28. The van der Waals surface area contributed by atoms with Crippen molar-refractivity contribution in [3.63, 3.8) is 0 Å². The molecule has 2 aromatic rings. The summed E-state index contributed by atoms with van der Waals surface area (Å²) >= 11 is 0. The summed E-state index contributed by atoms with van der Waals surface area (Å²) in [5, 5.41) is 0. The molecule has 1 aromatic heterocycles. The molecule has 0 saturated heterocycles. The molecule has 0 unspecified atom stereocenters. The minimum Gasteiger partial charge on any atom is -0.491 e. The number of rotatable bonds is 6. The average Bonchev–Trinajstić information content (AvgIpc) is 2.45. The van der Waals surface area contributed by atoms with Gasteiger partial charge in [0.2, 0.25) is 0 Å². The van der Waals surface area contributed by atoms with Crippen LogP contribution in [0.1, 0.15) is 10.4 Å². The summed E-state index contributed by atoms with van der Waals surface area (Å²) in [4.78, 5) is 11.7. The van der Waals surface area contributed by atoms with Crippen molar-refractivity contribution in [1.82, 2.24) is 9.36 Å². The molecule has 0 aliphatic carbocycles. The molecule has 0 fully saturated rings. The van der Waals surface area contributed by atoms with Crippen LogP contribution < -0.4 is 4.74 Å². The number of methoxy groups -OCH3 is 2. The summed E-state index contributed by atoms with van der Waals surface area (Å²) in [5.41, 5.74) is 1.29. The standard InChI is InChI=1S/C14H18N2O4/c1-15-4-5-16(15)12-8-11(14(17)19-3)9-13(10-12)20-7-6-18-2/h4-5,8-10H,6-7H2,1-3H3. The molecule has 1 aromatic carbocycles. The first-order valence-corrected chi connectivity index (χ1v) is 6.21. The molecule has 6 heteroatoms. The van der Waals surface area contributed by atoms with Crippen molar-refractivity contribution in [2.45, 2.75) is 0 Å². The summed E-state index contributed by atoms with van der Waals surface area (Å²) in [7, 11) is 4.88. The lowest BCUT2D eigenvalue weighted by Gasteiger charge is -2.18. The van der Waals surface area contributed by atoms with Gasteiger partial charge in [0.1, 0.15) is 12.4 Å². The number of aromatic nitrogens is 2. The smallest absolute Gasteiger partial charge is 0.338 e. The number of esters is 1. The monoisotopic (exact) mass is 278 g/mol. The molecular weight excluding hydrogens is 260 g/mol. The maximum absolute atomic E-state index is 11.7. The molecule has 2 rings (SSSR count). The second kappa shape index (κ2) is 6.29. The molecule has 1 heterocycles. The van der Waals surface area contributed by atoms with Gasteiger partial charge >= 0.3 is 5.97 Å². The van der Waals surface area contributed by atoms with E-state index >= 15 is 0 Å². The molecule has 0 spiro atoms. The van der Waals surface area contributed by atoms with Crippen LogP contribution in [0.3, 0.4) is 0 Å². The summed E-state index contributed by atoms with van der Waals surface area (Å²) in [6.07, 6.45) is 3.81. The maximum Gasteiger partial charge on any atom is 0.338 e. The van der Waals surface area contributed by atoms with E-state index in [0.29, 0.717) is 24.5 Å². The predicted octanol–water partition coefficient (Wildman–Crippen LogP) is 1.63. The van der Waals surface area contributed by atoms with Crippen molar-refractivity contribution in [1.29, 1.82) is 0 Å². The van der Waals surface area contributed by atoms with Gasteiger partial charge in [0, 0.05) is 32.6 Å². The van der Waals surface area contributed by atoms with Crippen LogP contribution in [-0.2, 0) is 16.5 Å². The molecule has 0 aliphatic heterocycles. The van der Waals surface area contributed by atoms with Crippen molar-refractivity contribution in [2.24, 2.45) is 7.05 Å². The van der Waals surface area contributed by atoms with E-state index in [9.17, 15) is 4.79 Å². The van der Waals surface area contributed by atoms with Gasteiger partial charge in [0.25, 0.3) is 0 Å². The van der Waals surface area contributed by atoms with Crippen LogP contribution in [0.4, 0.5) is 0 Å². The zero-order valence-electron chi connectivity index (χ0n) is 11.8. The third-order valence-electron chi connectivity index (χ3n) is 2.90. The van der Waals surface area contributed by atoms with Crippen molar-refractivity contribution >= 4 is 5.97 Å². The third kappa shape index (κ3) is 3.03. The first-order chi connectivity index (χ1) is 9.65. The largest absolute Gasteiger partial charge is 0.491 e. The SMILES string of the molecule is COCCOc1cc(C(=O)OC)cc(-n2ccn2C)c1. The first-order valence-electron chi connectivity index (χ1n) is 6.21. The number of aryl methyl sites for hydroxylation is 1. The molecule has 6 nitrogen and oxygen atoms in total. The minimum atomic E-state index is -0.393. The molecular formula is C14H18N2O4. The summed E-state index contributed by atoms with van der Waals surface area (Å²) in [6.45, 7) is 0.910. The van der Waals surface area contributed by atoms with Crippen LogP contribution in [0.25, 0.3) is 5.69 Å². The highest BCUT2D eigenvalue weighted by Gasteiger charge is 2.12. The van der Waals surface area contributed by atoms with E-state index < -0.39 is 5.97 Å². The van der Waals surface area contributed by atoms with Gasteiger partial charge in [0.05, 0.1) is 25.0 Å². The lowest BCUT2D eigenvalue weighted by atomic mass is 10.2. The fraction of sp³-hybridized carbons (Fsp3) is 0.357. The Labute approximate surface area is 117 Å². The Balaban J connectivity index is 2.30. The Kier molecular flexibility index (Phi) is 4.47. The van der Waals surface area contributed by atoms with E-state index in [0.717, 1.165) is 5.69 Å². The zero-order chi connectivity index (χ0) is 14.5. The lowest BCUT2D eigenvalue weighted by molar-refractivity contribution is 0.0600. The topological polar surface area (TPSA) is 54.6 Å². The number of nitrogens with zero attached hydrogens (tertiary/aromatic N) is 2. The Morgan fingerprint density at radius 3 is 2.50 bits per heavy atom. The van der Waals surface area contributed by atoms with Gasteiger partial charge in [-0.2, -0.15) is 0 Å². The van der Waals surface area contributed by atoms with Gasteiger partial charge in [-0.3, -0.25) is 9.36 Å². The Hall–Kier alpha value is -2.21. The lowest BCUT2D eigenvalue weighted by Crippen LogP contribution is -2.16. The quantitative estimate of drug-likeness (QED) is 0.595. The van der Waals surface area contributed by atoms with Gasteiger partial charge in [-0.25, -0.2) is 4.79 Å². The molecule has 0 atom stereocenters. The van der Waals surface area contributed by atoms with Crippen molar-refractivity contribution in [3.8, 4) is 11.4 Å². The highest BCUT2D eigenvalue weighted by Crippen LogP contribution is 2.21. The predicted molar refractivity (Wildman–Crippen MR) is 73.5 cm³/mol. The second-order valence-electron chi connectivity index (χ2n) is 4.26. The number of ether oxygens (including phenoxy) is 3. The third-order valence-corrected chi connectivity index (χ3v) is 2.90. The number of carbonyl (C=O) groups is 1. The van der Waals surface area contributed by atoms with Crippen molar-refractivity contribution in [2.75, 3.05) is 27.4 Å². The Morgan fingerprint density at radius 2 is 1.95 bits per heavy atom. The van der Waals surface area contributed by atoms with Crippen LogP contribution in [0.15, 0.2) is 30.6 Å². The molecule has 0 aliphatic rings. The number of benzene rings is 1. The summed E-state index contributed by atoms with van der Waals surface area (Å²) in [5.74, 6) is 0.212. The van der Waals surface area contributed by atoms with Crippen LogP contribution >= 0.6 is 0 Å². The Morgan fingerprint density at radius 1 is 1.15 bits per heavy atom. The fourth-order valence-electron chi connectivity index (χ4n) is 1.81. The molecule has 20 heavy (non-hydrogen) atoms. The van der Waals surface area contributed by atoms with Gasteiger partial charge in [-0.15, -0.1) is 0 Å². The Bertz CT molecular complexity index is 586. The molecule has 108 valence electrons. The van der Waals surface area contributed by atoms with E-state index in [4.69, 9.17) is 14.2 Å². The van der Waals surface area contributed by atoms with E-state index in [2.05, 4.69) is 0 Å². The minimum absolute atomic E-state index is 0.393. The van der Waals surface area contributed by atoms with Crippen molar-refractivity contribution in [3.05, 3.63) is 36.2 Å². The second-order valence-corrected chi connectivity index (χ2v) is 4.26. The van der Waals surface area contributed by atoms with E-state index in [-0.39, 0.29) is 0 Å². The first kappa shape index (κ1) is 14.2. The average molecular weight is 278 g/mol. The van der Waals surface area contributed by atoms with Crippen LogP contribution in [0.5, 0.6) is 5.75 Å². The highest BCUT2D eigenvalue weighted by molar-refractivity contribution is 5.90.